The summed E-state index contributed by atoms with van der Waals surface area (Å²) in [4.78, 5) is 21.3. The summed E-state index contributed by atoms with van der Waals surface area (Å²) in [5, 5.41) is 11.8. The van der Waals surface area contributed by atoms with Crippen molar-refractivity contribution in [3.63, 3.8) is 0 Å². The molecule has 0 spiro atoms. The Bertz CT molecular complexity index is 472. The van der Waals surface area contributed by atoms with Gasteiger partial charge in [-0.3, -0.25) is 4.79 Å². The van der Waals surface area contributed by atoms with Gasteiger partial charge in [0, 0.05) is 28.7 Å². The zero-order valence-electron chi connectivity index (χ0n) is 8.61. The highest BCUT2D eigenvalue weighted by atomic mass is 35.5. The fourth-order valence-corrected chi connectivity index (χ4v) is 1.53. The Labute approximate surface area is 108 Å². The number of carboxylic acid groups (broad SMARTS) is 1. The standard InChI is InChI=1S/C11H9Cl2NO3/c12-8-2-1-7(9(13)5-8)6-14-10(15)3-4-11(16)17/h1-5H,6H2,(H,14,15)(H,16,17). The van der Waals surface area contributed by atoms with Crippen LogP contribution >= 0.6 is 23.2 Å². The minimum Gasteiger partial charge on any atom is -0.478 e. The molecule has 6 heteroatoms. The monoisotopic (exact) mass is 273 g/mol. The van der Waals surface area contributed by atoms with E-state index in [1.807, 2.05) is 0 Å². The van der Waals surface area contributed by atoms with Gasteiger partial charge >= 0.3 is 5.97 Å². The molecule has 1 aromatic carbocycles. The molecule has 0 bridgehead atoms. The van der Waals surface area contributed by atoms with Crippen LogP contribution in [0.1, 0.15) is 5.56 Å². The third-order valence-corrected chi connectivity index (χ3v) is 2.43. The molecule has 0 unspecified atom stereocenters. The minimum atomic E-state index is -1.18. The highest BCUT2D eigenvalue weighted by Gasteiger charge is 2.02. The van der Waals surface area contributed by atoms with Gasteiger partial charge in [-0.1, -0.05) is 29.3 Å². The maximum absolute atomic E-state index is 11.2. The van der Waals surface area contributed by atoms with Crippen LogP contribution in [0.15, 0.2) is 30.4 Å². The van der Waals surface area contributed by atoms with E-state index in [9.17, 15) is 9.59 Å². The zero-order chi connectivity index (χ0) is 12.8. The van der Waals surface area contributed by atoms with Crippen molar-refractivity contribution in [2.24, 2.45) is 0 Å². The lowest BCUT2D eigenvalue weighted by Gasteiger charge is -2.05. The van der Waals surface area contributed by atoms with E-state index in [1.54, 1.807) is 18.2 Å². The molecule has 0 aliphatic rings. The third kappa shape index (κ3) is 4.89. The number of halogens is 2. The number of aliphatic carboxylic acids is 1. The van der Waals surface area contributed by atoms with E-state index < -0.39 is 11.9 Å². The first kappa shape index (κ1) is 13.5. The van der Waals surface area contributed by atoms with Gasteiger partial charge in [0.05, 0.1) is 0 Å². The third-order valence-electron chi connectivity index (χ3n) is 1.85. The molecule has 0 aliphatic carbocycles. The molecule has 1 rings (SSSR count). The van der Waals surface area contributed by atoms with Gasteiger partial charge in [0.2, 0.25) is 5.91 Å². The Morgan fingerprint density at radius 2 is 2.00 bits per heavy atom. The Kier molecular flexibility index (Phi) is 5.00. The number of amides is 1. The highest BCUT2D eigenvalue weighted by molar-refractivity contribution is 6.35. The van der Waals surface area contributed by atoms with Crippen LogP contribution in [0, 0.1) is 0 Å². The predicted octanol–water partition coefficient (Wildman–Crippen LogP) is 2.25. The smallest absolute Gasteiger partial charge is 0.328 e. The molecule has 17 heavy (non-hydrogen) atoms. The Morgan fingerprint density at radius 3 is 2.59 bits per heavy atom. The maximum atomic E-state index is 11.2. The van der Waals surface area contributed by atoms with Gasteiger partial charge in [0.1, 0.15) is 0 Å². The van der Waals surface area contributed by atoms with Crippen molar-refractivity contribution in [1.29, 1.82) is 0 Å². The van der Waals surface area contributed by atoms with Crippen LogP contribution < -0.4 is 5.32 Å². The van der Waals surface area contributed by atoms with Crippen LogP contribution in [-0.4, -0.2) is 17.0 Å². The van der Waals surface area contributed by atoms with E-state index >= 15 is 0 Å². The molecule has 4 nitrogen and oxygen atoms in total. The number of rotatable bonds is 4. The Morgan fingerprint density at radius 1 is 1.29 bits per heavy atom. The summed E-state index contributed by atoms with van der Waals surface area (Å²) >= 11 is 11.6. The van der Waals surface area contributed by atoms with E-state index in [0.717, 1.165) is 12.2 Å². The second kappa shape index (κ2) is 6.27. The molecule has 0 saturated heterocycles. The van der Waals surface area contributed by atoms with Crippen molar-refractivity contribution >= 4 is 35.1 Å². The first-order valence-corrected chi connectivity index (χ1v) is 5.37. The minimum absolute atomic E-state index is 0.207. The lowest BCUT2D eigenvalue weighted by molar-refractivity contribution is -0.131. The number of hydrogen-bond donors (Lipinski definition) is 2. The average molecular weight is 274 g/mol. The summed E-state index contributed by atoms with van der Waals surface area (Å²) in [5.74, 6) is -1.68. The molecular formula is C11H9Cl2NO3. The lowest BCUT2D eigenvalue weighted by atomic mass is 10.2. The van der Waals surface area contributed by atoms with Gasteiger partial charge in [0.25, 0.3) is 0 Å². The number of carboxylic acids is 1. The van der Waals surface area contributed by atoms with E-state index in [1.165, 1.54) is 0 Å². The summed E-state index contributed by atoms with van der Waals surface area (Å²) in [7, 11) is 0. The predicted molar refractivity (Wildman–Crippen MR) is 65.1 cm³/mol. The quantitative estimate of drug-likeness (QED) is 0.827. The van der Waals surface area contributed by atoms with Gasteiger partial charge in [-0.15, -0.1) is 0 Å². The molecule has 0 heterocycles. The lowest BCUT2D eigenvalue weighted by Crippen LogP contribution is -2.20. The van der Waals surface area contributed by atoms with Crippen molar-refractivity contribution < 1.29 is 14.7 Å². The number of carbonyl (C=O) groups excluding carboxylic acids is 1. The SMILES string of the molecule is O=C(O)C=CC(=O)NCc1ccc(Cl)cc1Cl. The molecule has 90 valence electrons. The van der Waals surface area contributed by atoms with Crippen LogP contribution in [0.3, 0.4) is 0 Å². The number of hydrogen-bond acceptors (Lipinski definition) is 2. The summed E-state index contributed by atoms with van der Waals surface area (Å²) in [6, 6.07) is 4.91. The van der Waals surface area contributed by atoms with Crippen molar-refractivity contribution in [2.75, 3.05) is 0 Å². The molecule has 0 fully saturated rings. The molecule has 0 radical (unpaired) electrons. The average Bonchev–Trinajstić information content (AvgIpc) is 2.25. The maximum Gasteiger partial charge on any atom is 0.328 e. The van der Waals surface area contributed by atoms with Gasteiger partial charge in [-0.25, -0.2) is 4.79 Å². The summed E-state index contributed by atoms with van der Waals surface area (Å²) in [5.41, 5.74) is 0.702. The van der Waals surface area contributed by atoms with Gasteiger partial charge < -0.3 is 10.4 Å². The second-order valence-corrected chi connectivity index (χ2v) is 3.97. The fourth-order valence-electron chi connectivity index (χ4n) is 1.05. The number of carbonyl (C=O) groups is 2. The van der Waals surface area contributed by atoms with Gasteiger partial charge in [-0.2, -0.15) is 0 Å². The van der Waals surface area contributed by atoms with Crippen LogP contribution in [0.5, 0.6) is 0 Å². The Balaban J connectivity index is 2.56. The Hall–Kier alpha value is -1.52. The molecule has 0 atom stereocenters. The molecule has 0 aliphatic heterocycles. The summed E-state index contributed by atoms with van der Waals surface area (Å²) in [6.07, 6.45) is 1.70. The fraction of sp³-hybridized carbons (Fsp3) is 0.0909. The highest BCUT2D eigenvalue weighted by Crippen LogP contribution is 2.20. The first-order chi connectivity index (χ1) is 7.99. The molecule has 2 N–H and O–H groups in total. The normalized spacial score (nSPS) is 10.5. The largest absolute Gasteiger partial charge is 0.478 e. The number of benzene rings is 1. The molecular weight excluding hydrogens is 265 g/mol. The first-order valence-electron chi connectivity index (χ1n) is 4.62. The van der Waals surface area contributed by atoms with E-state index in [0.29, 0.717) is 15.6 Å². The van der Waals surface area contributed by atoms with Gasteiger partial charge in [0.15, 0.2) is 0 Å². The second-order valence-electron chi connectivity index (χ2n) is 3.13. The van der Waals surface area contributed by atoms with Crippen LogP contribution in [0.25, 0.3) is 0 Å². The van der Waals surface area contributed by atoms with E-state index in [-0.39, 0.29) is 6.54 Å². The number of nitrogens with one attached hydrogen (secondary N) is 1. The van der Waals surface area contributed by atoms with Crippen molar-refractivity contribution in [3.8, 4) is 0 Å². The summed E-state index contributed by atoms with van der Waals surface area (Å²) in [6.45, 7) is 0.207. The van der Waals surface area contributed by atoms with E-state index in [4.69, 9.17) is 28.3 Å². The van der Waals surface area contributed by atoms with E-state index in [2.05, 4.69) is 5.32 Å². The molecule has 0 saturated carbocycles. The molecule has 1 amide bonds. The van der Waals surface area contributed by atoms with Gasteiger partial charge in [-0.05, 0) is 17.7 Å². The van der Waals surface area contributed by atoms with Crippen LogP contribution in [0.4, 0.5) is 0 Å². The molecule has 1 aromatic rings. The zero-order valence-corrected chi connectivity index (χ0v) is 10.1. The van der Waals surface area contributed by atoms with Crippen molar-refractivity contribution in [2.45, 2.75) is 6.54 Å². The topological polar surface area (TPSA) is 66.4 Å². The van der Waals surface area contributed by atoms with Crippen LogP contribution in [0.2, 0.25) is 10.0 Å². The summed E-state index contributed by atoms with van der Waals surface area (Å²) < 4.78 is 0. The molecule has 0 aromatic heterocycles. The van der Waals surface area contributed by atoms with Crippen LogP contribution in [-0.2, 0) is 16.1 Å². The van der Waals surface area contributed by atoms with Crippen molar-refractivity contribution in [1.82, 2.24) is 5.32 Å². The van der Waals surface area contributed by atoms with Crippen molar-refractivity contribution in [3.05, 3.63) is 46.0 Å².